The second-order valence-electron chi connectivity index (χ2n) is 5.27. The zero-order valence-electron chi connectivity index (χ0n) is 13.4. The molecule has 0 radical (unpaired) electrons. The number of nitro benzene ring substituents is 1. The number of hydrogen-bond donors (Lipinski definition) is 0. The third-order valence-electron chi connectivity index (χ3n) is 3.70. The first-order valence-electron chi connectivity index (χ1n) is 7.35. The average Bonchev–Trinajstić information content (AvgIpc) is 2.97. The van der Waals surface area contributed by atoms with Crippen molar-refractivity contribution in [3.05, 3.63) is 50.4 Å². The van der Waals surface area contributed by atoms with Crippen molar-refractivity contribution >= 4 is 27.4 Å². The predicted molar refractivity (Wildman–Crippen MR) is 93.4 cm³/mol. The standard InChI is InChI=1S/C16H15BrN4O3/c1-4-24-14-6-5-11(7-13(14)21(22)23)12-8-20-10(3)15(17)9(2)18-16(20)19-12/h5-8H,4H2,1-3H3. The zero-order valence-corrected chi connectivity index (χ0v) is 15.0. The Morgan fingerprint density at radius 2 is 2.08 bits per heavy atom. The Bertz CT molecular complexity index is 952. The fourth-order valence-electron chi connectivity index (χ4n) is 2.50. The summed E-state index contributed by atoms with van der Waals surface area (Å²) in [6.45, 7) is 6.00. The Labute approximate surface area is 146 Å². The molecule has 0 saturated carbocycles. The summed E-state index contributed by atoms with van der Waals surface area (Å²) in [5, 5.41) is 11.3. The SMILES string of the molecule is CCOc1ccc(-c2cn3c(C)c(Br)c(C)nc3n2)cc1[N+](=O)[O-]. The van der Waals surface area contributed by atoms with Crippen molar-refractivity contribution in [1.29, 1.82) is 0 Å². The van der Waals surface area contributed by atoms with Gasteiger partial charge in [0.15, 0.2) is 5.75 Å². The number of ether oxygens (including phenoxy) is 1. The highest BCUT2D eigenvalue weighted by Gasteiger charge is 2.18. The molecular formula is C16H15BrN4O3. The Hall–Kier alpha value is -2.48. The van der Waals surface area contributed by atoms with Gasteiger partial charge in [-0.25, -0.2) is 9.97 Å². The van der Waals surface area contributed by atoms with Crippen LogP contribution >= 0.6 is 15.9 Å². The molecule has 0 N–H and O–H groups in total. The smallest absolute Gasteiger partial charge is 0.311 e. The van der Waals surface area contributed by atoms with E-state index in [1.54, 1.807) is 19.1 Å². The molecule has 0 amide bonds. The summed E-state index contributed by atoms with van der Waals surface area (Å²) in [6.07, 6.45) is 1.82. The number of aryl methyl sites for hydroxylation is 2. The number of rotatable bonds is 4. The fraction of sp³-hybridized carbons (Fsp3) is 0.250. The zero-order chi connectivity index (χ0) is 17.4. The average molecular weight is 391 g/mol. The van der Waals surface area contributed by atoms with Crippen molar-refractivity contribution < 1.29 is 9.66 Å². The van der Waals surface area contributed by atoms with Crippen molar-refractivity contribution in [3.63, 3.8) is 0 Å². The van der Waals surface area contributed by atoms with Crippen LogP contribution in [0.3, 0.4) is 0 Å². The van der Waals surface area contributed by atoms with Gasteiger partial charge < -0.3 is 4.74 Å². The predicted octanol–water partition coefficient (Wildman–Crippen LogP) is 4.08. The molecule has 2 aromatic heterocycles. The lowest BCUT2D eigenvalue weighted by Crippen LogP contribution is -1.97. The van der Waals surface area contributed by atoms with Gasteiger partial charge in [-0.15, -0.1) is 0 Å². The third kappa shape index (κ3) is 2.73. The molecule has 2 heterocycles. The van der Waals surface area contributed by atoms with Gasteiger partial charge in [0.05, 0.1) is 27.4 Å². The van der Waals surface area contributed by atoms with Crippen LogP contribution in [-0.4, -0.2) is 25.9 Å². The number of hydrogen-bond acceptors (Lipinski definition) is 5. The van der Waals surface area contributed by atoms with Crippen molar-refractivity contribution in [2.24, 2.45) is 0 Å². The number of fused-ring (bicyclic) bond motifs is 1. The highest BCUT2D eigenvalue weighted by molar-refractivity contribution is 9.10. The number of nitrogens with zero attached hydrogens (tertiary/aromatic N) is 4. The van der Waals surface area contributed by atoms with E-state index in [-0.39, 0.29) is 11.4 Å². The van der Waals surface area contributed by atoms with Crippen LogP contribution < -0.4 is 4.74 Å². The van der Waals surface area contributed by atoms with Gasteiger partial charge in [0.1, 0.15) is 0 Å². The summed E-state index contributed by atoms with van der Waals surface area (Å²) in [6, 6.07) is 4.84. The molecule has 1 aromatic carbocycles. The van der Waals surface area contributed by atoms with E-state index >= 15 is 0 Å². The van der Waals surface area contributed by atoms with Crippen LogP contribution in [0.2, 0.25) is 0 Å². The van der Waals surface area contributed by atoms with Gasteiger partial charge >= 0.3 is 5.69 Å². The Morgan fingerprint density at radius 3 is 2.75 bits per heavy atom. The monoisotopic (exact) mass is 390 g/mol. The number of imidazole rings is 1. The molecule has 0 aliphatic heterocycles. The lowest BCUT2D eigenvalue weighted by Gasteiger charge is -2.05. The summed E-state index contributed by atoms with van der Waals surface area (Å²) in [7, 11) is 0. The maximum Gasteiger partial charge on any atom is 0.311 e. The Morgan fingerprint density at radius 1 is 1.33 bits per heavy atom. The van der Waals surface area contributed by atoms with Gasteiger partial charge in [0.2, 0.25) is 5.78 Å². The molecule has 0 atom stereocenters. The molecule has 124 valence electrons. The van der Waals surface area contributed by atoms with Gasteiger partial charge in [-0.2, -0.15) is 0 Å². The maximum absolute atomic E-state index is 11.3. The van der Waals surface area contributed by atoms with Crippen LogP contribution in [-0.2, 0) is 0 Å². The van der Waals surface area contributed by atoms with E-state index in [1.807, 2.05) is 24.4 Å². The first-order chi connectivity index (χ1) is 11.4. The van der Waals surface area contributed by atoms with Gasteiger partial charge in [0.25, 0.3) is 0 Å². The lowest BCUT2D eigenvalue weighted by molar-refractivity contribution is -0.385. The summed E-state index contributed by atoms with van der Waals surface area (Å²) in [4.78, 5) is 19.7. The van der Waals surface area contributed by atoms with Gasteiger partial charge in [0, 0.05) is 23.5 Å². The van der Waals surface area contributed by atoms with E-state index in [9.17, 15) is 10.1 Å². The molecule has 0 bridgehead atoms. The van der Waals surface area contributed by atoms with Crippen molar-refractivity contribution in [3.8, 4) is 17.0 Å². The second kappa shape index (κ2) is 6.20. The largest absolute Gasteiger partial charge is 0.487 e. The van der Waals surface area contributed by atoms with E-state index in [4.69, 9.17) is 4.74 Å². The van der Waals surface area contributed by atoms with E-state index in [0.29, 0.717) is 23.6 Å². The maximum atomic E-state index is 11.3. The van der Waals surface area contributed by atoms with E-state index in [2.05, 4.69) is 25.9 Å². The quantitative estimate of drug-likeness (QED) is 0.494. The second-order valence-corrected chi connectivity index (χ2v) is 6.06. The molecule has 3 aromatic rings. The molecule has 0 spiro atoms. The summed E-state index contributed by atoms with van der Waals surface area (Å²) in [5.41, 5.74) is 3.00. The van der Waals surface area contributed by atoms with Crippen LogP contribution in [0.1, 0.15) is 18.3 Å². The molecular weight excluding hydrogens is 376 g/mol. The van der Waals surface area contributed by atoms with E-state index in [1.165, 1.54) is 6.07 Å². The molecule has 0 unspecified atom stereocenters. The fourth-order valence-corrected chi connectivity index (χ4v) is 2.78. The summed E-state index contributed by atoms with van der Waals surface area (Å²) >= 11 is 3.51. The number of nitro groups is 1. The molecule has 0 aliphatic carbocycles. The van der Waals surface area contributed by atoms with Crippen LogP contribution in [0.4, 0.5) is 5.69 Å². The molecule has 7 nitrogen and oxygen atoms in total. The first kappa shape index (κ1) is 16.4. The minimum atomic E-state index is -0.450. The van der Waals surface area contributed by atoms with E-state index < -0.39 is 4.92 Å². The van der Waals surface area contributed by atoms with Crippen LogP contribution in [0, 0.1) is 24.0 Å². The van der Waals surface area contributed by atoms with E-state index in [0.717, 1.165) is 15.9 Å². The number of halogens is 1. The Balaban J connectivity index is 2.15. The van der Waals surface area contributed by atoms with Crippen molar-refractivity contribution in [2.45, 2.75) is 20.8 Å². The number of benzene rings is 1. The Kier molecular flexibility index (Phi) is 4.23. The topological polar surface area (TPSA) is 82.6 Å². The third-order valence-corrected chi connectivity index (χ3v) is 4.85. The normalized spacial score (nSPS) is 11.0. The van der Waals surface area contributed by atoms with Crippen molar-refractivity contribution in [2.75, 3.05) is 6.61 Å². The molecule has 3 rings (SSSR count). The molecule has 8 heteroatoms. The van der Waals surface area contributed by atoms with Crippen molar-refractivity contribution in [1.82, 2.24) is 14.4 Å². The minimum Gasteiger partial charge on any atom is -0.487 e. The summed E-state index contributed by atoms with van der Waals surface area (Å²) in [5.74, 6) is 0.808. The minimum absolute atomic E-state index is 0.0755. The van der Waals surface area contributed by atoms with Gasteiger partial charge in [-0.05, 0) is 48.8 Å². The lowest BCUT2D eigenvalue weighted by atomic mass is 10.1. The molecule has 24 heavy (non-hydrogen) atoms. The van der Waals surface area contributed by atoms with Crippen LogP contribution in [0.25, 0.3) is 17.0 Å². The highest BCUT2D eigenvalue weighted by Crippen LogP contribution is 2.32. The molecule has 0 fully saturated rings. The highest BCUT2D eigenvalue weighted by atomic mass is 79.9. The van der Waals surface area contributed by atoms with Crippen LogP contribution in [0.15, 0.2) is 28.9 Å². The van der Waals surface area contributed by atoms with Gasteiger partial charge in [-0.1, -0.05) is 0 Å². The molecule has 0 aliphatic rings. The first-order valence-corrected chi connectivity index (χ1v) is 8.15. The molecule has 0 saturated heterocycles. The summed E-state index contributed by atoms with van der Waals surface area (Å²) < 4.78 is 8.08. The number of aromatic nitrogens is 3. The van der Waals surface area contributed by atoms with Gasteiger partial charge in [-0.3, -0.25) is 14.5 Å². The van der Waals surface area contributed by atoms with Crippen LogP contribution in [0.5, 0.6) is 5.75 Å².